The maximum atomic E-state index is 5.52. The Morgan fingerprint density at radius 1 is 1.35 bits per heavy atom. The van der Waals surface area contributed by atoms with Crippen LogP contribution in [0, 0.1) is 0 Å². The number of hydrogen-bond acceptors (Lipinski definition) is 5. The summed E-state index contributed by atoms with van der Waals surface area (Å²) in [5.41, 5.74) is 7.38. The summed E-state index contributed by atoms with van der Waals surface area (Å²) in [6.07, 6.45) is 3.81. The topological polar surface area (TPSA) is 65.4 Å². The number of nitrogens with two attached hydrogens (primary N) is 1. The zero-order chi connectivity index (χ0) is 13.9. The SMILES string of the molecule is COc1ccccc1-c1cn2nc(CCCN)sc2n1. The monoisotopic (exact) mass is 288 g/mol. The molecule has 0 saturated heterocycles. The molecule has 0 bridgehead atoms. The average Bonchev–Trinajstić information content (AvgIpc) is 3.03. The van der Waals surface area contributed by atoms with Crippen molar-refractivity contribution in [2.24, 2.45) is 5.73 Å². The third kappa shape index (κ3) is 2.39. The molecule has 2 aromatic heterocycles. The molecular weight excluding hydrogens is 272 g/mol. The van der Waals surface area contributed by atoms with Gasteiger partial charge >= 0.3 is 0 Å². The Balaban J connectivity index is 1.95. The Morgan fingerprint density at radius 2 is 2.20 bits per heavy atom. The molecule has 0 aliphatic carbocycles. The summed E-state index contributed by atoms with van der Waals surface area (Å²) in [6.45, 7) is 0.689. The molecule has 0 aliphatic heterocycles. The highest BCUT2D eigenvalue weighted by molar-refractivity contribution is 7.16. The second-order valence-corrected chi connectivity index (χ2v) is 5.48. The molecule has 0 amide bonds. The molecule has 0 saturated carbocycles. The minimum absolute atomic E-state index is 0.689. The molecular formula is C14H16N4OS. The molecule has 0 radical (unpaired) electrons. The Bertz CT molecular complexity index is 687. The van der Waals surface area contributed by atoms with Crippen LogP contribution in [0.2, 0.25) is 0 Å². The fraction of sp³-hybridized carbons (Fsp3) is 0.286. The van der Waals surface area contributed by atoms with Crippen molar-refractivity contribution in [1.82, 2.24) is 14.6 Å². The molecule has 20 heavy (non-hydrogen) atoms. The Hall–Kier alpha value is -1.92. The average molecular weight is 288 g/mol. The van der Waals surface area contributed by atoms with E-state index in [0.29, 0.717) is 6.54 Å². The van der Waals surface area contributed by atoms with Crippen molar-refractivity contribution in [2.75, 3.05) is 13.7 Å². The van der Waals surface area contributed by atoms with Crippen molar-refractivity contribution < 1.29 is 4.74 Å². The molecule has 3 aromatic rings. The third-order valence-corrected chi connectivity index (χ3v) is 4.05. The largest absolute Gasteiger partial charge is 0.496 e. The van der Waals surface area contributed by atoms with Gasteiger partial charge in [-0.3, -0.25) is 0 Å². The number of para-hydroxylation sites is 1. The van der Waals surface area contributed by atoms with Gasteiger partial charge in [-0.15, -0.1) is 0 Å². The number of fused-ring (bicyclic) bond motifs is 1. The fourth-order valence-electron chi connectivity index (χ4n) is 2.08. The predicted molar refractivity (Wildman–Crippen MR) is 80.2 cm³/mol. The van der Waals surface area contributed by atoms with Gasteiger partial charge in [-0.25, -0.2) is 9.50 Å². The zero-order valence-electron chi connectivity index (χ0n) is 11.2. The van der Waals surface area contributed by atoms with Gasteiger partial charge < -0.3 is 10.5 Å². The number of imidazole rings is 1. The van der Waals surface area contributed by atoms with Crippen LogP contribution < -0.4 is 10.5 Å². The van der Waals surface area contributed by atoms with Crippen molar-refractivity contribution in [3.05, 3.63) is 35.5 Å². The number of nitrogens with zero attached hydrogens (tertiary/aromatic N) is 3. The van der Waals surface area contributed by atoms with Crippen LogP contribution in [-0.2, 0) is 6.42 Å². The highest BCUT2D eigenvalue weighted by Crippen LogP contribution is 2.30. The summed E-state index contributed by atoms with van der Waals surface area (Å²) < 4.78 is 7.20. The zero-order valence-corrected chi connectivity index (χ0v) is 12.1. The van der Waals surface area contributed by atoms with Gasteiger partial charge in [0.25, 0.3) is 0 Å². The summed E-state index contributed by atoms with van der Waals surface area (Å²) in [4.78, 5) is 5.53. The van der Waals surface area contributed by atoms with E-state index in [2.05, 4.69) is 10.1 Å². The van der Waals surface area contributed by atoms with Crippen LogP contribution in [0.1, 0.15) is 11.4 Å². The molecule has 5 nitrogen and oxygen atoms in total. The summed E-state index contributed by atoms with van der Waals surface area (Å²) in [5, 5.41) is 5.60. The minimum atomic E-state index is 0.689. The fourth-order valence-corrected chi connectivity index (χ4v) is 3.00. The van der Waals surface area contributed by atoms with Crippen molar-refractivity contribution >= 4 is 16.3 Å². The summed E-state index contributed by atoms with van der Waals surface area (Å²) in [6, 6.07) is 7.86. The lowest BCUT2D eigenvalue weighted by molar-refractivity contribution is 0.416. The number of aromatic nitrogens is 3. The van der Waals surface area contributed by atoms with E-state index < -0.39 is 0 Å². The molecule has 1 aromatic carbocycles. The van der Waals surface area contributed by atoms with Gasteiger partial charge in [0, 0.05) is 12.0 Å². The van der Waals surface area contributed by atoms with Crippen LogP contribution in [0.5, 0.6) is 5.75 Å². The van der Waals surface area contributed by atoms with Gasteiger partial charge in [-0.2, -0.15) is 5.10 Å². The van der Waals surface area contributed by atoms with E-state index in [1.54, 1.807) is 18.4 Å². The third-order valence-electron chi connectivity index (χ3n) is 3.06. The van der Waals surface area contributed by atoms with E-state index in [1.807, 2.05) is 35.0 Å². The van der Waals surface area contributed by atoms with E-state index in [0.717, 1.165) is 39.8 Å². The predicted octanol–water partition coefficient (Wildman–Crippen LogP) is 2.36. The van der Waals surface area contributed by atoms with Gasteiger partial charge in [-0.05, 0) is 25.1 Å². The molecule has 6 heteroatoms. The Kier molecular flexibility index (Phi) is 3.66. The number of aryl methyl sites for hydroxylation is 1. The Labute approximate surface area is 121 Å². The minimum Gasteiger partial charge on any atom is -0.496 e. The second kappa shape index (κ2) is 5.60. The lowest BCUT2D eigenvalue weighted by Gasteiger charge is -2.04. The van der Waals surface area contributed by atoms with Crippen molar-refractivity contribution in [3.8, 4) is 17.0 Å². The highest BCUT2D eigenvalue weighted by atomic mass is 32.1. The highest BCUT2D eigenvalue weighted by Gasteiger charge is 2.12. The van der Waals surface area contributed by atoms with Crippen LogP contribution in [0.4, 0.5) is 0 Å². The Morgan fingerprint density at radius 3 is 2.95 bits per heavy atom. The summed E-state index contributed by atoms with van der Waals surface area (Å²) in [7, 11) is 1.67. The normalized spacial score (nSPS) is 11.1. The van der Waals surface area contributed by atoms with Crippen LogP contribution in [0.15, 0.2) is 30.5 Å². The van der Waals surface area contributed by atoms with Gasteiger partial charge in [0.2, 0.25) is 4.96 Å². The first-order chi connectivity index (χ1) is 9.81. The summed E-state index contributed by atoms with van der Waals surface area (Å²) in [5.74, 6) is 0.821. The smallest absolute Gasteiger partial charge is 0.212 e. The molecule has 0 unspecified atom stereocenters. The number of benzene rings is 1. The van der Waals surface area contributed by atoms with E-state index in [1.165, 1.54) is 0 Å². The first-order valence-corrected chi connectivity index (χ1v) is 7.32. The van der Waals surface area contributed by atoms with E-state index in [-0.39, 0.29) is 0 Å². The number of hydrogen-bond donors (Lipinski definition) is 1. The van der Waals surface area contributed by atoms with E-state index >= 15 is 0 Å². The molecule has 0 fully saturated rings. The van der Waals surface area contributed by atoms with Gasteiger partial charge in [0.15, 0.2) is 0 Å². The van der Waals surface area contributed by atoms with Crippen LogP contribution in [0.25, 0.3) is 16.2 Å². The number of ether oxygens (including phenoxy) is 1. The van der Waals surface area contributed by atoms with Crippen LogP contribution in [0.3, 0.4) is 0 Å². The van der Waals surface area contributed by atoms with E-state index in [4.69, 9.17) is 10.5 Å². The maximum Gasteiger partial charge on any atom is 0.212 e. The van der Waals surface area contributed by atoms with Crippen LogP contribution in [-0.4, -0.2) is 28.3 Å². The molecule has 0 atom stereocenters. The number of methoxy groups -OCH3 is 1. The quantitative estimate of drug-likeness (QED) is 0.782. The molecule has 2 N–H and O–H groups in total. The van der Waals surface area contributed by atoms with Crippen molar-refractivity contribution in [3.63, 3.8) is 0 Å². The standard InChI is InChI=1S/C14H16N4OS/c1-19-12-6-3-2-5-10(12)11-9-18-14(16-11)20-13(17-18)7-4-8-15/h2-3,5-6,9H,4,7-8,15H2,1H3. The lowest BCUT2D eigenvalue weighted by Crippen LogP contribution is -2.00. The molecule has 2 heterocycles. The molecule has 104 valence electrons. The first-order valence-electron chi connectivity index (χ1n) is 6.50. The van der Waals surface area contributed by atoms with E-state index in [9.17, 15) is 0 Å². The van der Waals surface area contributed by atoms with Crippen molar-refractivity contribution in [1.29, 1.82) is 0 Å². The van der Waals surface area contributed by atoms with Crippen LogP contribution >= 0.6 is 11.3 Å². The van der Waals surface area contributed by atoms with Gasteiger partial charge in [0.1, 0.15) is 10.8 Å². The van der Waals surface area contributed by atoms with Gasteiger partial charge in [-0.1, -0.05) is 23.5 Å². The molecule has 0 spiro atoms. The summed E-state index contributed by atoms with van der Waals surface area (Å²) >= 11 is 1.61. The molecule has 3 rings (SSSR count). The second-order valence-electron chi connectivity index (χ2n) is 4.44. The molecule has 0 aliphatic rings. The first kappa shape index (κ1) is 13.1. The van der Waals surface area contributed by atoms with Crippen molar-refractivity contribution in [2.45, 2.75) is 12.8 Å². The number of rotatable bonds is 5. The van der Waals surface area contributed by atoms with Gasteiger partial charge in [0.05, 0.1) is 19.0 Å². The lowest BCUT2D eigenvalue weighted by atomic mass is 10.1. The maximum absolute atomic E-state index is 5.52.